The first-order valence-electron chi connectivity index (χ1n) is 2.78. The van der Waals surface area contributed by atoms with Gasteiger partial charge in [0.1, 0.15) is 0 Å². The first-order chi connectivity index (χ1) is 4.29. The largest absolute Gasteiger partial charge is 0.198 e. The summed E-state index contributed by atoms with van der Waals surface area (Å²) in [6.07, 6.45) is 2.52. The van der Waals surface area contributed by atoms with Gasteiger partial charge in [0, 0.05) is 6.42 Å². The Bertz CT molecular complexity index is 188. The molecule has 48 valence electrons. The zero-order valence-corrected chi connectivity index (χ0v) is 5.39. The number of aromatic nitrogens is 3. The molecule has 0 fully saturated rings. The summed E-state index contributed by atoms with van der Waals surface area (Å²) in [5, 5.41) is 10.1. The Labute approximate surface area is 53.8 Å². The van der Waals surface area contributed by atoms with Crippen LogP contribution in [0.2, 0.25) is 0 Å². The fraction of sp³-hybridized carbons (Fsp3) is 0.333. The normalized spacial score (nSPS) is 9.44. The Morgan fingerprint density at radius 2 is 2.67 bits per heavy atom. The van der Waals surface area contributed by atoms with Crippen LogP contribution in [0.3, 0.4) is 0 Å². The van der Waals surface area contributed by atoms with Gasteiger partial charge in [-0.05, 0) is 6.92 Å². The van der Waals surface area contributed by atoms with Crippen molar-refractivity contribution in [3.8, 4) is 0 Å². The molecule has 0 atom stereocenters. The van der Waals surface area contributed by atoms with Crippen LogP contribution in [0.15, 0.2) is 18.3 Å². The number of rotatable bonds is 2. The van der Waals surface area contributed by atoms with Crippen LogP contribution in [0.4, 0.5) is 0 Å². The van der Waals surface area contributed by atoms with Crippen LogP contribution < -0.4 is 0 Å². The zero-order chi connectivity index (χ0) is 6.69. The molecule has 3 nitrogen and oxygen atoms in total. The molecular formula is C6H9N3. The number of nitrogens with zero attached hydrogens (tertiary/aromatic N) is 2. The van der Waals surface area contributed by atoms with E-state index < -0.39 is 0 Å². The topological polar surface area (TPSA) is 41.6 Å². The number of hydrogen-bond donors (Lipinski definition) is 1. The minimum Gasteiger partial charge on any atom is -0.198 e. The number of hydrogen-bond acceptors (Lipinski definition) is 2. The van der Waals surface area contributed by atoms with Gasteiger partial charge in [0.15, 0.2) is 0 Å². The van der Waals surface area contributed by atoms with Crippen LogP contribution in [0.5, 0.6) is 0 Å². The molecule has 1 heterocycles. The SMILES string of the molecule is C=C(C)Cc1cn[nH]n1. The maximum atomic E-state index is 3.86. The molecule has 9 heavy (non-hydrogen) atoms. The molecule has 0 unspecified atom stereocenters. The molecule has 0 aromatic carbocycles. The molecule has 1 aromatic rings. The fourth-order valence-electron chi connectivity index (χ4n) is 0.620. The summed E-state index contributed by atoms with van der Waals surface area (Å²) in [5.41, 5.74) is 2.05. The summed E-state index contributed by atoms with van der Waals surface area (Å²) in [6, 6.07) is 0. The van der Waals surface area contributed by atoms with Crippen molar-refractivity contribution in [1.82, 2.24) is 15.4 Å². The lowest BCUT2D eigenvalue weighted by atomic mass is 10.2. The van der Waals surface area contributed by atoms with Gasteiger partial charge in [0.25, 0.3) is 0 Å². The molecule has 0 aliphatic heterocycles. The van der Waals surface area contributed by atoms with Gasteiger partial charge < -0.3 is 0 Å². The van der Waals surface area contributed by atoms with Crippen molar-refractivity contribution in [3.05, 3.63) is 24.0 Å². The van der Waals surface area contributed by atoms with Crippen molar-refractivity contribution >= 4 is 0 Å². The van der Waals surface area contributed by atoms with Gasteiger partial charge in [-0.1, -0.05) is 12.2 Å². The lowest BCUT2D eigenvalue weighted by molar-refractivity contribution is 0.912. The fourth-order valence-corrected chi connectivity index (χ4v) is 0.620. The van der Waals surface area contributed by atoms with Gasteiger partial charge in [-0.15, -0.1) is 0 Å². The first kappa shape index (κ1) is 6.01. The molecule has 0 saturated carbocycles. The molecule has 0 bridgehead atoms. The number of H-pyrrole nitrogens is 1. The van der Waals surface area contributed by atoms with E-state index in [1.54, 1.807) is 6.20 Å². The van der Waals surface area contributed by atoms with Crippen molar-refractivity contribution in [2.45, 2.75) is 13.3 Å². The van der Waals surface area contributed by atoms with Gasteiger partial charge >= 0.3 is 0 Å². The molecule has 1 rings (SSSR count). The Balaban J connectivity index is 2.58. The number of aromatic amines is 1. The smallest absolute Gasteiger partial charge is 0.0864 e. The van der Waals surface area contributed by atoms with E-state index in [1.807, 2.05) is 6.92 Å². The summed E-state index contributed by atoms with van der Waals surface area (Å²) in [5.74, 6) is 0. The van der Waals surface area contributed by atoms with E-state index in [9.17, 15) is 0 Å². The van der Waals surface area contributed by atoms with Crippen molar-refractivity contribution < 1.29 is 0 Å². The maximum absolute atomic E-state index is 3.86. The second-order valence-corrected chi connectivity index (χ2v) is 2.10. The monoisotopic (exact) mass is 123 g/mol. The summed E-state index contributed by atoms with van der Waals surface area (Å²) in [6.45, 7) is 5.72. The highest BCUT2D eigenvalue weighted by molar-refractivity contribution is 5.04. The van der Waals surface area contributed by atoms with E-state index in [0.717, 1.165) is 17.7 Å². The molecule has 0 aliphatic carbocycles. The van der Waals surface area contributed by atoms with E-state index in [-0.39, 0.29) is 0 Å². The third kappa shape index (κ3) is 1.68. The second kappa shape index (κ2) is 2.44. The Hall–Kier alpha value is -1.12. The molecular weight excluding hydrogens is 114 g/mol. The Morgan fingerprint density at radius 3 is 3.11 bits per heavy atom. The highest BCUT2D eigenvalue weighted by atomic mass is 15.3. The van der Waals surface area contributed by atoms with Crippen molar-refractivity contribution in [2.75, 3.05) is 0 Å². The van der Waals surface area contributed by atoms with E-state index >= 15 is 0 Å². The van der Waals surface area contributed by atoms with Crippen LogP contribution >= 0.6 is 0 Å². The predicted octanol–water partition coefficient (Wildman–Crippen LogP) is 0.923. The molecule has 0 amide bonds. The highest BCUT2D eigenvalue weighted by Gasteiger charge is 1.93. The van der Waals surface area contributed by atoms with Crippen LogP contribution in [0.1, 0.15) is 12.6 Å². The quantitative estimate of drug-likeness (QED) is 0.594. The Morgan fingerprint density at radius 1 is 1.89 bits per heavy atom. The summed E-state index contributed by atoms with van der Waals surface area (Å²) in [4.78, 5) is 0. The van der Waals surface area contributed by atoms with Gasteiger partial charge in [-0.3, -0.25) is 0 Å². The van der Waals surface area contributed by atoms with E-state index in [4.69, 9.17) is 0 Å². The second-order valence-electron chi connectivity index (χ2n) is 2.10. The highest BCUT2D eigenvalue weighted by Crippen LogP contribution is 1.97. The summed E-state index contributed by atoms with van der Waals surface area (Å²) in [7, 11) is 0. The molecule has 0 spiro atoms. The van der Waals surface area contributed by atoms with Crippen LogP contribution in [0.25, 0.3) is 0 Å². The Kier molecular flexibility index (Phi) is 1.63. The van der Waals surface area contributed by atoms with Gasteiger partial charge in [-0.25, -0.2) is 0 Å². The molecule has 0 radical (unpaired) electrons. The van der Waals surface area contributed by atoms with Crippen LogP contribution in [-0.4, -0.2) is 15.4 Å². The molecule has 0 saturated heterocycles. The van der Waals surface area contributed by atoms with Crippen molar-refractivity contribution in [3.63, 3.8) is 0 Å². The van der Waals surface area contributed by atoms with Crippen molar-refractivity contribution in [2.24, 2.45) is 0 Å². The first-order valence-corrected chi connectivity index (χ1v) is 2.78. The average Bonchev–Trinajstić information content (AvgIpc) is 2.15. The van der Waals surface area contributed by atoms with E-state index in [0.29, 0.717) is 0 Å². The molecule has 1 N–H and O–H groups in total. The van der Waals surface area contributed by atoms with Gasteiger partial charge in [0.2, 0.25) is 0 Å². The number of allylic oxidation sites excluding steroid dienone is 1. The number of nitrogens with one attached hydrogen (secondary N) is 1. The lowest BCUT2D eigenvalue weighted by Crippen LogP contribution is -1.84. The van der Waals surface area contributed by atoms with Gasteiger partial charge in [-0.2, -0.15) is 15.4 Å². The van der Waals surface area contributed by atoms with Gasteiger partial charge in [0.05, 0.1) is 11.9 Å². The van der Waals surface area contributed by atoms with Crippen LogP contribution in [-0.2, 0) is 6.42 Å². The van der Waals surface area contributed by atoms with E-state index in [2.05, 4.69) is 22.0 Å². The minimum absolute atomic E-state index is 0.816. The molecule has 1 aromatic heterocycles. The molecule has 3 heteroatoms. The summed E-state index contributed by atoms with van der Waals surface area (Å²) < 4.78 is 0. The molecule has 0 aliphatic rings. The maximum Gasteiger partial charge on any atom is 0.0864 e. The van der Waals surface area contributed by atoms with E-state index in [1.165, 1.54) is 0 Å². The zero-order valence-electron chi connectivity index (χ0n) is 5.39. The third-order valence-electron chi connectivity index (χ3n) is 0.948. The minimum atomic E-state index is 0.816. The summed E-state index contributed by atoms with van der Waals surface area (Å²) >= 11 is 0. The lowest BCUT2D eigenvalue weighted by Gasteiger charge is -1.89. The predicted molar refractivity (Wildman–Crippen MR) is 34.9 cm³/mol. The average molecular weight is 123 g/mol. The van der Waals surface area contributed by atoms with Crippen molar-refractivity contribution in [1.29, 1.82) is 0 Å². The standard InChI is InChI=1S/C6H9N3/c1-5(2)3-6-4-7-9-8-6/h4H,1,3H2,2H3,(H,7,8,9). The van der Waals surface area contributed by atoms with Crippen LogP contribution in [0, 0.1) is 0 Å². The third-order valence-corrected chi connectivity index (χ3v) is 0.948.